The second kappa shape index (κ2) is 7.90. The van der Waals surface area contributed by atoms with Crippen LogP contribution in [0.25, 0.3) is 0 Å². The molecule has 1 N–H and O–H groups in total. The van der Waals surface area contributed by atoms with Crippen LogP contribution < -0.4 is 15.0 Å². The molecule has 2 aromatic rings. The molecule has 150 valence electrons. The van der Waals surface area contributed by atoms with Gasteiger partial charge in [-0.1, -0.05) is 12.1 Å². The maximum atomic E-state index is 13.8. The Bertz CT molecular complexity index is 972. The number of hydrogen-bond acceptors (Lipinski definition) is 4. The first-order chi connectivity index (χ1) is 14.0. The Labute approximate surface area is 167 Å². The summed E-state index contributed by atoms with van der Waals surface area (Å²) < 4.78 is 19.2. The molecule has 3 amide bonds. The van der Waals surface area contributed by atoms with E-state index in [1.54, 1.807) is 29.2 Å². The Kier molecular flexibility index (Phi) is 5.16. The van der Waals surface area contributed by atoms with E-state index < -0.39 is 17.6 Å². The van der Waals surface area contributed by atoms with Crippen LogP contribution in [0.1, 0.15) is 23.2 Å². The lowest BCUT2D eigenvalue weighted by atomic mass is 10.1. The fourth-order valence-electron chi connectivity index (χ4n) is 3.51. The minimum Gasteiger partial charge on any atom is -0.482 e. The molecular formula is C21H20FN3O4. The molecule has 2 aromatic carbocycles. The lowest BCUT2D eigenvalue weighted by molar-refractivity contribution is -0.123. The first kappa shape index (κ1) is 18.9. The molecule has 29 heavy (non-hydrogen) atoms. The van der Waals surface area contributed by atoms with E-state index in [1.165, 1.54) is 23.1 Å². The van der Waals surface area contributed by atoms with Gasteiger partial charge >= 0.3 is 0 Å². The highest BCUT2D eigenvalue weighted by Crippen LogP contribution is 2.33. The third-order valence-electron chi connectivity index (χ3n) is 4.99. The lowest BCUT2D eigenvalue weighted by Gasteiger charge is -2.29. The molecule has 1 fully saturated rings. The number of rotatable bonds is 4. The zero-order chi connectivity index (χ0) is 20.4. The van der Waals surface area contributed by atoms with E-state index in [0.29, 0.717) is 30.1 Å². The molecule has 2 heterocycles. The summed E-state index contributed by atoms with van der Waals surface area (Å²) in [7, 11) is 0. The predicted octanol–water partition coefficient (Wildman–Crippen LogP) is 2.43. The summed E-state index contributed by atoms with van der Waals surface area (Å²) in [6, 6.07) is 10.7. The Balaban J connectivity index is 1.56. The van der Waals surface area contributed by atoms with Gasteiger partial charge in [-0.15, -0.1) is 0 Å². The zero-order valence-corrected chi connectivity index (χ0v) is 15.7. The topological polar surface area (TPSA) is 79.0 Å². The van der Waals surface area contributed by atoms with Crippen LogP contribution in [0.2, 0.25) is 0 Å². The molecule has 0 aliphatic carbocycles. The van der Waals surface area contributed by atoms with Crippen LogP contribution in [0, 0.1) is 5.82 Å². The number of amides is 3. The average molecular weight is 397 g/mol. The van der Waals surface area contributed by atoms with Gasteiger partial charge in [0.15, 0.2) is 6.61 Å². The van der Waals surface area contributed by atoms with E-state index in [2.05, 4.69) is 5.32 Å². The minimum absolute atomic E-state index is 0.0383. The standard InChI is InChI=1S/C21H20FN3O4/c22-15-5-1-2-6-16(15)23-19(26)12-25-17-11-14(21(28)24-9-3-4-10-24)7-8-18(17)29-13-20(25)27/h1-2,5-8,11H,3-4,9-10,12-13H2,(H,23,26). The van der Waals surface area contributed by atoms with Crippen LogP contribution in [0.4, 0.5) is 15.8 Å². The van der Waals surface area contributed by atoms with Gasteiger partial charge in [0.1, 0.15) is 18.1 Å². The molecule has 0 radical (unpaired) electrons. The Morgan fingerprint density at radius 3 is 2.62 bits per heavy atom. The first-order valence-corrected chi connectivity index (χ1v) is 9.44. The van der Waals surface area contributed by atoms with E-state index in [4.69, 9.17) is 4.74 Å². The number of halogens is 1. The number of nitrogens with one attached hydrogen (secondary N) is 1. The van der Waals surface area contributed by atoms with Gasteiger partial charge in [-0.25, -0.2) is 4.39 Å². The molecule has 0 bridgehead atoms. The Morgan fingerprint density at radius 1 is 1.10 bits per heavy atom. The number of benzene rings is 2. The molecule has 8 heteroatoms. The first-order valence-electron chi connectivity index (χ1n) is 9.44. The number of para-hydroxylation sites is 1. The maximum absolute atomic E-state index is 13.8. The highest BCUT2D eigenvalue weighted by Gasteiger charge is 2.29. The highest BCUT2D eigenvalue weighted by molar-refractivity contribution is 6.06. The van der Waals surface area contributed by atoms with Crippen molar-refractivity contribution < 1.29 is 23.5 Å². The van der Waals surface area contributed by atoms with Crippen LogP contribution in [0.15, 0.2) is 42.5 Å². The SMILES string of the molecule is O=C(CN1C(=O)COc2ccc(C(=O)N3CCCC3)cc21)Nc1ccccc1F. The van der Waals surface area contributed by atoms with Crippen molar-refractivity contribution in [2.75, 3.05) is 36.5 Å². The normalized spacial score (nSPS) is 15.7. The molecule has 0 spiro atoms. The van der Waals surface area contributed by atoms with Gasteiger partial charge in [0.05, 0.1) is 11.4 Å². The zero-order valence-electron chi connectivity index (χ0n) is 15.7. The van der Waals surface area contributed by atoms with Crippen LogP contribution in [0.3, 0.4) is 0 Å². The molecule has 2 aliphatic rings. The molecule has 2 aliphatic heterocycles. The van der Waals surface area contributed by atoms with E-state index in [0.717, 1.165) is 12.8 Å². The number of anilines is 2. The second-order valence-corrected chi connectivity index (χ2v) is 6.98. The summed E-state index contributed by atoms with van der Waals surface area (Å²) >= 11 is 0. The van der Waals surface area contributed by atoms with E-state index >= 15 is 0 Å². The summed E-state index contributed by atoms with van der Waals surface area (Å²) in [4.78, 5) is 40.5. The van der Waals surface area contributed by atoms with Crippen molar-refractivity contribution in [3.05, 3.63) is 53.8 Å². The molecule has 1 saturated heterocycles. The van der Waals surface area contributed by atoms with Crippen molar-refractivity contribution in [1.29, 1.82) is 0 Å². The number of fused-ring (bicyclic) bond motifs is 1. The smallest absolute Gasteiger partial charge is 0.265 e. The number of carbonyl (C=O) groups is 3. The van der Waals surface area contributed by atoms with E-state index in [1.807, 2.05) is 0 Å². The molecular weight excluding hydrogens is 377 g/mol. The van der Waals surface area contributed by atoms with Crippen molar-refractivity contribution in [3.8, 4) is 5.75 Å². The highest BCUT2D eigenvalue weighted by atomic mass is 19.1. The Hall–Kier alpha value is -3.42. The molecule has 4 rings (SSSR count). The van der Waals surface area contributed by atoms with Gasteiger partial charge < -0.3 is 15.0 Å². The molecule has 0 atom stereocenters. The van der Waals surface area contributed by atoms with Crippen LogP contribution in [-0.2, 0) is 9.59 Å². The van der Waals surface area contributed by atoms with Crippen molar-refractivity contribution in [3.63, 3.8) is 0 Å². The summed E-state index contributed by atoms with van der Waals surface area (Å²) in [6.45, 7) is 0.893. The van der Waals surface area contributed by atoms with Crippen LogP contribution in [0.5, 0.6) is 5.75 Å². The van der Waals surface area contributed by atoms with Gasteiger partial charge in [-0.05, 0) is 43.2 Å². The molecule has 7 nitrogen and oxygen atoms in total. The second-order valence-electron chi connectivity index (χ2n) is 6.98. The minimum atomic E-state index is -0.562. The summed E-state index contributed by atoms with van der Waals surface area (Å²) in [5.41, 5.74) is 0.829. The van der Waals surface area contributed by atoms with Crippen LogP contribution in [-0.4, -0.2) is 48.9 Å². The van der Waals surface area contributed by atoms with Crippen molar-refractivity contribution in [1.82, 2.24) is 4.90 Å². The fourth-order valence-corrected chi connectivity index (χ4v) is 3.51. The Morgan fingerprint density at radius 2 is 1.86 bits per heavy atom. The number of hydrogen-bond donors (Lipinski definition) is 1. The summed E-state index contributed by atoms with van der Waals surface area (Å²) in [5, 5.41) is 2.47. The third-order valence-corrected chi connectivity index (χ3v) is 4.99. The maximum Gasteiger partial charge on any atom is 0.265 e. The van der Waals surface area contributed by atoms with Gasteiger partial charge in [0, 0.05) is 18.7 Å². The molecule has 0 saturated carbocycles. The largest absolute Gasteiger partial charge is 0.482 e. The van der Waals surface area contributed by atoms with Gasteiger partial charge in [0.25, 0.3) is 11.8 Å². The van der Waals surface area contributed by atoms with Crippen molar-refractivity contribution in [2.45, 2.75) is 12.8 Å². The summed E-state index contributed by atoms with van der Waals surface area (Å²) in [5.74, 6) is -1.21. The average Bonchev–Trinajstić information content (AvgIpc) is 3.26. The number of nitrogens with zero attached hydrogens (tertiary/aromatic N) is 2. The predicted molar refractivity (Wildman–Crippen MR) is 104 cm³/mol. The van der Waals surface area contributed by atoms with Crippen molar-refractivity contribution in [2.24, 2.45) is 0 Å². The van der Waals surface area contributed by atoms with Gasteiger partial charge in [-0.2, -0.15) is 0 Å². The lowest BCUT2D eigenvalue weighted by Crippen LogP contribution is -2.43. The molecule has 0 aromatic heterocycles. The quantitative estimate of drug-likeness (QED) is 0.860. The van der Waals surface area contributed by atoms with Crippen LogP contribution >= 0.6 is 0 Å². The summed E-state index contributed by atoms with van der Waals surface area (Å²) in [6.07, 6.45) is 1.95. The van der Waals surface area contributed by atoms with Gasteiger partial charge in [0.2, 0.25) is 5.91 Å². The van der Waals surface area contributed by atoms with E-state index in [9.17, 15) is 18.8 Å². The van der Waals surface area contributed by atoms with Gasteiger partial charge in [-0.3, -0.25) is 19.3 Å². The van der Waals surface area contributed by atoms with E-state index in [-0.39, 0.29) is 24.7 Å². The molecule has 0 unspecified atom stereocenters. The monoisotopic (exact) mass is 397 g/mol. The third kappa shape index (κ3) is 3.91. The number of carbonyl (C=O) groups excluding carboxylic acids is 3. The fraction of sp³-hybridized carbons (Fsp3) is 0.286. The number of likely N-dealkylation sites (tertiary alicyclic amines) is 1. The van der Waals surface area contributed by atoms with Crippen molar-refractivity contribution >= 4 is 29.1 Å². The number of ether oxygens (including phenoxy) is 1.